The van der Waals surface area contributed by atoms with Gasteiger partial charge in [-0.3, -0.25) is 0 Å². The Morgan fingerprint density at radius 3 is 2.62 bits per heavy atom. The van der Waals surface area contributed by atoms with Gasteiger partial charge in [0, 0.05) is 18.1 Å². The molecule has 0 fully saturated rings. The zero-order valence-corrected chi connectivity index (χ0v) is 13.8. The van der Waals surface area contributed by atoms with Crippen LogP contribution in [-0.4, -0.2) is 17.2 Å². The first kappa shape index (κ1) is 16.7. The lowest BCUT2D eigenvalue weighted by Crippen LogP contribution is -2.51. The summed E-state index contributed by atoms with van der Waals surface area (Å²) >= 11 is 0. The highest BCUT2D eigenvalue weighted by Gasteiger charge is 2.50. The van der Waals surface area contributed by atoms with E-state index < -0.39 is 22.5 Å². The molecule has 2 N–H and O–H groups in total. The summed E-state index contributed by atoms with van der Waals surface area (Å²) in [6.07, 6.45) is 0.0198. The molecule has 0 radical (unpaired) electrons. The molecule has 1 aromatic carbocycles. The van der Waals surface area contributed by atoms with Gasteiger partial charge in [0.05, 0.1) is 17.1 Å². The van der Waals surface area contributed by atoms with Gasteiger partial charge in [-0.15, -0.1) is 0 Å². The number of aromatic nitrogens is 1. The van der Waals surface area contributed by atoms with E-state index in [2.05, 4.69) is 10.1 Å². The second kappa shape index (κ2) is 5.63. The van der Waals surface area contributed by atoms with Crippen molar-refractivity contribution < 1.29 is 18.0 Å². The Balaban J connectivity index is 2.07. The molecular weight excluding hydrogens is 345 g/mol. The zero-order chi connectivity index (χ0) is 18.5. The molecule has 0 spiro atoms. The smallest absolute Gasteiger partial charge is 0.316 e. The minimum Gasteiger partial charge on any atom is -0.316 e. The Bertz CT molecular complexity index is 980. The number of urea groups is 1. The van der Waals surface area contributed by atoms with Crippen molar-refractivity contribution in [2.24, 2.45) is 10.8 Å². The second-order valence-electron chi connectivity index (χ2n) is 6.44. The number of hydrogen-bond acceptors (Lipinski definition) is 3. The normalized spacial score (nSPS) is 22.7. The summed E-state index contributed by atoms with van der Waals surface area (Å²) in [5, 5.41) is 4.75. The van der Waals surface area contributed by atoms with Gasteiger partial charge in [0.15, 0.2) is 17.1 Å². The van der Waals surface area contributed by atoms with Crippen molar-refractivity contribution in [3.63, 3.8) is 0 Å². The summed E-state index contributed by atoms with van der Waals surface area (Å²) in [5.74, 6) is 0. The number of hydrogen-bond donors (Lipinski definition) is 1. The molecule has 2 heterocycles. The van der Waals surface area contributed by atoms with Gasteiger partial charge in [0.2, 0.25) is 0 Å². The van der Waals surface area contributed by atoms with Crippen molar-refractivity contribution in [1.82, 2.24) is 9.58 Å². The number of carbonyl (C=O) groups is 1. The minimum atomic E-state index is -4.65. The molecule has 0 saturated carbocycles. The third kappa shape index (κ3) is 2.33. The number of allylic oxidation sites excluding steroid dienone is 2. The number of rotatable bonds is 1. The maximum absolute atomic E-state index is 13.4. The number of quaternary nitrogens is 1. The molecule has 134 valence electrons. The molecule has 1 unspecified atom stereocenters. The van der Waals surface area contributed by atoms with Crippen molar-refractivity contribution in [2.75, 3.05) is 0 Å². The van der Waals surface area contributed by atoms with Gasteiger partial charge in [0.25, 0.3) is 0 Å². The zero-order valence-electron chi connectivity index (χ0n) is 13.8. The molecule has 4 rings (SSSR count). The maximum atomic E-state index is 13.4. The van der Waals surface area contributed by atoms with E-state index in [9.17, 15) is 18.0 Å². The fraction of sp³-hybridized carbons (Fsp3) is 0.278. The van der Waals surface area contributed by atoms with Gasteiger partial charge < -0.3 is 5.73 Å². The molecule has 1 aromatic heterocycles. The van der Waals surface area contributed by atoms with Crippen LogP contribution >= 0.6 is 0 Å². The summed E-state index contributed by atoms with van der Waals surface area (Å²) in [6, 6.07) is 6.49. The number of halogens is 3. The van der Waals surface area contributed by atoms with Crippen LogP contribution in [0.5, 0.6) is 0 Å². The van der Waals surface area contributed by atoms with Crippen LogP contribution in [-0.2, 0) is 6.18 Å². The summed E-state index contributed by atoms with van der Waals surface area (Å²) < 4.78 is 39.5. The molecule has 2 aliphatic rings. The van der Waals surface area contributed by atoms with Crippen molar-refractivity contribution in [2.45, 2.75) is 31.9 Å². The Kier molecular flexibility index (Phi) is 3.62. The summed E-state index contributed by atoms with van der Waals surface area (Å²) in [6.45, 7) is 0. The fourth-order valence-electron chi connectivity index (χ4n) is 3.73. The molecule has 8 heteroatoms. The molecule has 0 saturated heterocycles. The van der Waals surface area contributed by atoms with E-state index in [1.165, 1.54) is 6.07 Å². The first-order valence-electron chi connectivity index (χ1n) is 8.29. The number of pyridine rings is 1. The van der Waals surface area contributed by atoms with Gasteiger partial charge in [-0.1, -0.05) is 21.8 Å². The van der Waals surface area contributed by atoms with Crippen LogP contribution in [0, 0.1) is 0 Å². The molecule has 2 amide bonds. The van der Waals surface area contributed by atoms with E-state index in [0.29, 0.717) is 17.5 Å². The molecule has 1 atom stereocenters. The topological polar surface area (TPSA) is 68.3 Å². The summed E-state index contributed by atoms with van der Waals surface area (Å²) in [5.41, 5.74) is 6.43. The molecule has 1 aliphatic carbocycles. The highest BCUT2D eigenvalue weighted by Crippen LogP contribution is 2.45. The first-order chi connectivity index (χ1) is 12.3. The third-order valence-corrected chi connectivity index (χ3v) is 4.91. The van der Waals surface area contributed by atoms with Crippen LogP contribution in [0.25, 0.3) is 10.9 Å². The second-order valence-corrected chi connectivity index (χ2v) is 6.44. The Morgan fingerprint density at radius 1 is 1.15 bits per heavy atom. The van der Waals surface area contributed by atoms with Gasteiger partial charge in [-0.25, -0.2) is 9.78 Å². The van der Waals surface area contributed by atoms with E-state index in [4.69, 9.17) is 5.73 Å². The number of benzene rings is 1. The number of nitrogens with zero attached hydrogens (tertiary/aromatic N) is 3. The quantitative estimate of drug-likeness (QED) is 0.762. The molecule has 2 aromatic rings. The largest absolute Gasteiger partial charge is 0.450 e. The van der Waals surface area contributed by atoms with Gasteiger partial charge in [0.1, 0.15) is 0 Å². The predicted octanol–water partition coefficient (Wildman–Crippen LogP) is 4.47. The lowest BCUT2D eigenvalue weighted by molar-refractivity contribution is -0.141. The van der Waals surface area contributed by atoms with E-state index in [1.54, 1.807) is 24.4 Å². The minimum absolute atomic E-state index is 0.0959. The molecule has 26 heavy (non-hydrogen) atoms. The lowest BCUT2D eigenvalue weighted by atomic mass is 9.96. The average molecular weight is 361 g/mol. The first-order valence-corrected chi connectivity index (χ1v) is 8.29. The number of para-hydroxylation sites is 1. The number of carbonyl (C=O) groups excluding carboxylic acids is 1. The van der Waals surface area contributed by atoms with Crippen LogP contribution in [0.1, 0.15) is 31.4 Å². The Labute approximate surface area is 147 Å². The number of primary amides is 1. The number of alkyl halides is 3. The summed E-state index contributed by atoms with van der Waals surface area (Å²) in [4.78, 5) is 16.2. The van der Waals surface area contributed by atoms with Crippen molar-refractivity contribution in [3.8, 4) is 0 Å². The third-order valence-electron chi connectivity index (χ3n) is 4.91. The number of amides is 2. The van der Waals surface area contributed by atoms with Gasteiger partial charge >= 0.3 is 12.2 Å². The average Bonchev–Trinajstić information content (AvgIpc) is 3.00. The molecule has 0 bridgehead atoms. The summed E-state index contributed by atoms with van der Waals surface area (Å²) in [7, 11) is 0. The van der Waals surface area contributed by atoms with Crippen LogP contribution in [0.3, 0.4) is 0 Å². The fourth-order valence-corrected chi connectivity index (χ4v) is 3.73. The van der Waals surface area contributed by atoms with Crippen LogP contribution < -0.4 is 10.3 Å². The lowest BCUT2D eigenvalue weighted by Gasteiger charge is -2.29. The molecular formula is C18H16F3N4O+. The maximum Gasteiger partial charge on any atom is 0.450 e. The van der Waals surface area contributed by atoms with E-state index in [0.717, 1.165) is 30.9 Å². The van der Waals surface area contributed by atoms with Crippen molar-refractivity contribution in [3.05, 3.63) is 47.3 Å². The van der Waals surface area contributed by atoms with E-state index in [-0.39, 0.29) is 11.2 Å². The molecule has 5 nitrogen and oxygen atoms in total. The van der Waals surface area contributed by atoms with Crippen molar-refractivity contribution >= 4 is 28.8 Å². The van der Waals surface area contributed by atoms with E-state index >= 15 is 0 Å². The number of fused-ring (bicyclic) bond motifs is 1. The standard InChI is InChI=1S/C18H15F3N4O/c19-18(20,21)16-9-15(12-6-2-3-7-13(12)24-16)25(17(22)26)14-8-4-1-5-11(14)10-23-25/h2-3,6-7,9-10H,1,4-5,8H2,(H-,22,26)/p+1. The van der Waals surface area contributed by atoms with Crippen LogP contribution in [0.4, 0.5) is 23.7 Å². The monoisotopic (exact) mass is 361 g/mol. The van der Waals surface area contributed by atoms with E-state index in [1.807, 2.05) is 0 Å². The van der Waals surface area contributed by atoms with Crippen LogP contribution in [0.2, 0.25) is 0 Å². The Hall–Kier alpha value is -2.74. The van der Waals surface area contributed by atoms with Gasteiger partial charge in [-0.05, 0) is 31.4 Å². The van der Waals surface area contributed by atoms with Crippen molar-refractivity contribution in [1.29, 1.82) is 0 Å². The van der Waals surface area contributed by atoms with Crippen LogP contribution in [0.15, 0.2) is 46.7 Å². The number of nitrogens with two attached hydrogens (primary N) is 1. The van der Waals surface area contributed by atoms with Gasteiger partial charge in [-0.2, -0.15) is 13.2 Å². The predicted molar refractivity (Wildman–Crippen MR) is 92.1 cm³/mol. The highest BCUT2D eigenvalue weighted by molar-refractivity contribution is 6.03. The SMILES string of the molecule is NC(=O)[N+]1(c2cc(C(F)(F)F)nc3ccccc23)N=CC2=C1CCCC2. The Morgan fingerprint density at radius 2 is 1.88 bits per heavy atom. The molecule has 1 aliphatic heterocycles. The highest BCUT2D eigenvalue weighted by atomic mass is 19.4.